The minimum Gasteiger partial charge on any atom is -0.491 e. The second kappa shape index (κ2) is 8.67. The van der Waals surface area contributed by atoms with Crippen LogP contribution in [0.5, 0.6) is 5.75 Å². The van der Waals surface area contributed by atoms with E-state index in [2.05, 4.69) is 24.3 Å². The van der Waals surface area contributed by atoms with Crippen LogP contribution in [0.3, 0.4) is 0 Å². The number of aryl methyl sites for hydroxylation is 1. The van der Waals surface area contributed by atoms with Crippen molar-refractivity contribution >= 4 is 0 Å². The summed E-state index contributed by atoms with van der Waals surface area (Å²) < 4.78 is 5.71. The smallest absolute Gasteiger partial charge is 0.122 e. The predicted octanol–water partition coefficient (Wildman–Crippen LogP) is 2.59. The molecule has 0 radical (unpaired) electrons. The summed E-state index contributed by atoms with van der Waals surface area (Å²) in [6.45, 7) is 3.85. The highest BCUT2D eigenvalue weighted by Crippen LogP contribution is 2.31. The summed E-state index contributed by atoms with van der Waals surface area (Å²) in [5.74, 6) is 0.851. The van der Waals surface area contributed by atoms with Crippen LogP contribution < -0.4 is 10.1 Å². The fraction of sp³-hybridized carbons (Fsp3) is 0.684. The maximum absolute atomic E-state index is 10.2. The molecule has 4 heteroatoms. The van der Waals surface area contributed by atoms with Gasteiger partial charge in [-0.15, -0.1) is 0 Å². The number of nitrogens with one attached hydrogen (secondary N) is 1. The first-order chi connectivity index (χ1) is 11.0. The van der Waals surface area contributed by atoms with Crippen LogP contribution in [-0.2, 0) is 0 Å². The molecule has 1 fully saturated rings. The zero-order chi connectivity index (χ0) is 16.7. The topological polar surface area (TPSA) is 44.7 Å². The molecule has 1 aliphatic rings. The van der Waals surface area contributed by atoms with Gasteiger partial charge in [0.15, 0.2) is 0 Å². The molecule has 4 nitrogen and oxygen atoms in total. The SMILES string of the molecule is Cc1ccccc1OCC(O)CNCC1(N(C)C)CCCCC1. The van der Waals surface area contributed by atoms with Crippen LogP contribution in [-0.4, -0.2) is 55.4 Å². The lowest BCUT2D eigenvalue weighted by molar-refractivity contribution is 0.0788. The third kappa shape index (κ3) is 5.20. The average molecular weight is 320 g/mol. The van der Waals surface area contributed by atoms with Gasteiger partial charge in [0.2, 0.25) is 0 Å². The van der Waals surface area contributed by atoms with Gasteiger partial charge in [0.25, 0.3) is 0 Å². The molecule has 1 unspecified atom stereocenters. The van der Waals surface area contributed by atoms with Gasteiger partial charge < -0.3 is 20.1 Å². The van der Waals surface area contributed by atoms with Gasteiger partial charge >= 0.3 is 0 Å². The second-order valence-corrected chi connectivity index (χ2v) is 7.04. The summed E-state index contributed by atoms with van der Waals surface area (Å²) in [4.78, 5) is 2.36. The lowest BCUT2D eigenvalue weighted by Crippen LogP contribution is -2.53. The average Bonchev–Trinajstić information content (AvgIpc) is 2.55. The van der Waals surface area contributed by atoms with E-state index in [-0.39, 0.29) is 5.54 Å². The number of rotatable bonds is 8. The Morgan fingerprint density at radius 1 is 1.22 bits per heavy atom. The highest BCUT2D eigenvalue weighted by Gasteiger charge is 2.33. The second-order valence-electron chi connectivity index (χ2n) is 7.04. The van der Waals surface area contributed by atoms with Crippen LogP contribution in [0, 0.1) is 6.92 Å². The van der Waals surface area contributed by atoms with Crippen molar-refractivity contribution in [2.24, 2.45) is 0 Å². The summed E-state index contributed by atoms with van der Waals surface area (Å²) in [6.07, 6.45) is 5.95. The molecule has 130 valence electrons. The monoisotopic (exact) mass is 320 g/mol. The predicted molar refractivity (Wildman–Crippen MR) is 95.1 cm³/mol. The number of hydrogen-bond donors (Lipinski definition) is 2. The van der Waals surface area contributed by atoms with E-state index in [9.17, 15) is 5.11 Å². The van der Waals surface area contributed by atoms with Gasteiger partial charge in [-0.25, -0.2) is 0 Å². The number of benzene rings is 1. The van der Waals surface area contributed by atoms with Crippen LogP contribution in [0.2, 0.25) is 0 Å². The molecule has 1 aromatic rings. The van der Waals surface area contributed by atoms with Crippen molar-refractivity contribution in [2.45, 2.75) is 50.7 Å². The molecule has 23 heavy (non-hydrogen) atoms. The Bertz CT molecular complexity index is 470. The number of aliphatic hydroxyl groups excluding tert-OH is 1. The molecule has 1 atom stereocenters. The summed E-state index contributed by atoms with van der Waals surface area (Å²) in [6, 6.07) is 7.91. The molecular formula is C19H32N2O2. The van der Waals surface area contributed by atoms with E-state index < -0.39 is 6.10 Å². The normalized spacial score (nSPS) is 18.8. The van der Waals surface area contributed by atoms with E-state index in [0.29, 0.717) is 13.2 Å². The molecule has 2 rings (SSSR count). The van der Waals surface area contributed by atoms with Crippen LogP contribution >= 0.6 is 0 Å². The molecule has 0 amide bonds. The number of para-hydroxylation sites is 1. The first-order valence-corrected chi connectivity index (χ1v) is 8.78. The molecule has 0 aliphatic heterocycles. The van der Waals surface area contributed by atoms with Crippen LogP contribution in [0.15, 0.2) is 24.3 Å². The van der Waals surface area contributed by atoms with Crippen molar-refractivity contribution in [3.8, 4) is 5.75 Å². The first-order valence-electron chi connectivity index (χ1n) is 8.78. The summed E-state index contributed by atoms with van der Waals surface area (Å²) in [7, 11) is 4.34. The molecule has 0 aromatic heterocycles. The van der Waals surface area contributed by atoms with Crippen LogP contribution in [0.1, 0.15) is 37.7 Å². The molecule has 0 bridgehead atoms. The van der Waals surface area contributed by atoms with Crippen LogP contribution in [0.4, 0.5) is 0 Å². The molecule has 1 saturated carbocycles. The van der Waals surface area contributed by atoms with Crippen molar-refractivity contribution in [1.82, 2.24) is 10.2 Å². The van der Waals surface area contributed by atoms with Crippen molar-refractivity contribution in [3.63, 3.8) is 0 Å². The van der Waals surface area contributed by atoms with E-state index in [1.165, 1.54) is 32.1 Å². The highest BCUT2D eigenvalue weighted by atomic mass is 16.5. The Morgan fingerprint density at radius 3 is 2.57 bits per heavy atom. The highest BCUT2D eigenvalue weighted by molar-refractivity contribution is 5.31. The summed E-state index contributed by atoms with van der Waals surface area (Å²) in [5.41, 5.74) is 1.34. The molecule has 0 spiro atoms. The number of likely N-dealkylation sites (N-methyl/N-ethyl adjacent to an activating group) is 1. The molecular weight excluding hydrogens is 288 g/mol. The zero-order valence-electron chi connectivity index (χ0n) is 14.8. The lowest BCUT2D eigenvalue weighted by atomic mass is 9.80. The van der Waals surface area contributed by atoms with E-state index in [0.717, 1.165) is 17.9 Å². The fourth-order valence-electron chi connectivity index (χ4n) is 3.43. The quantitative estimate of drug-likeness (QED) is 0.773. The minimum absolute atomic E-state index is 0.245. The number of hydrogen-bond acceptors (Lipinski definition) is 4. The van der Waals surface area contributed by atoms with Crippen LogP contribution in [0.25, 0.3) is 0 Å². The van der Waals surface area contributed by atoms with Gasteiger partial charge in [-0.3, -0.25) is 0 Å². The Labute approximate surface area is 140 Å². The maximum atomic E-state index is 10.2. The first kappa shape index (κ1) is 18.2. The van der Waals surface area contributed by atoms with Gasteiger partial charge in [-0.05, 0) is 45.5 Å². The largest absolute Gasteiger partial charge is 0.491 e. The molecule has 1 aromatic carbocycles. The standard InChI is InChI=1S/C19H32N2O2/c1-16-9-5-6-10-18(16)23-14-17(22)13-20-15-19(21(2)3)11-7-4-8-12-19/h5-6,9-10,17,20,22H,4,7-8,11-15H2,1-3H3. The zero-order valence-corrected chi connectivity index (χ0v) is 14.8. The van der Waals surface area contributed by atoms with Gasteiger partial charge in [0, 0.05) is 18.6 Å². The van der Waals surface area contributed by atoms with E-state index in [4.69, 9.17) is 4.74 Å². The maximum Gasteiger partial charge on any atom is 0.122 e. The Hall–Kier alpha value is -1.10. The number of nitrogens with zero attached hydrogens (tertiary/aromatic N) is 1. The fourth-order valence-corrected chi connectivity index (χ4v) is 3.43. The van der Waals surface area contributed by atoms with Gasteiger partial charge in [0.05, 0.1) is 0 Å². The van der Waals surface area contributed by atoms with Gasteiger partial charge in [-0.1, -0.05) is 37.5 Å². The molecule has 2 N–H and O–H groups in total. The third-order valence-corrected chi connectivity index (χ3v) is 5.09. The Balaban J connectivity index is 1.73. The molecule has 0 heterocycles. The van der Waals surface area contributed by atoms with Crippen molar-refractivity contribution in [2.75, 3.05) is 33.8 Å². The molecule has 0 saturated heterocycles. The Morgan fingerprint density at radius 2 is 1.91 bits per heavy atom. The number of aliphatic hydroxyl groups is 1. The third-order valence-electron chi connectivity index (χ3n) is 5.09. The summed E-state index contributed by atoms with van der Waals surface area (Å²) >= 11 is 0. The van der Waals surface area contributed by atoms with Crippen molar-refractivity contribution in [3.05, 3.63) is 29.8 Å². The summed E-state index contributed by atoms with van der Waals surface area (Å²) in [5, 5.41) is 13.6. The van der Waals surface area contributed by atoms with Gasteiger partial charge in [-0.2, -0.15) is 0 Å². The number of ether oxygens (including phenoxy) is 1. The van der Waals surface area contributed by atoms with Crippen molar-refractivity contribution in [1.29, 1.82) is 0 Å². The Kier molecular flexibility index (Phi) is 6.88. The van der Waals surface area contributed by atoms with E-state index in [1.807, 2.05) is 31.2 Å². The minimum atomic E-state index is -0.489. The molecule has 1 aliphatic carbocycles. The van der Waals surface area contributed by atoms with Gasteiger partial charge in [0.1, 0.15) is 18.5 Å². The van der Waals surface area contributed by atoms with Crippen molar-refractivity contribution < 1.29 is 9.84 Å². The van der Waals surface area contributed by atoms with E-state index in [1.54, 1.807) is 0 Å². The van der Waals surface area contributed by atoms with E-state index >= 15 is 0 Å². The lowest BCUT2D eigenvalue weighted by Gasteiger charge is -2.43.